The van der Waals surface area contributed by atoms with Crippen molar-refractivity contribution < 1.29 is 17.9 Å². The fourth-order valence-corrected chi connectivity index (χ4v) is 2.15. The first-order valence-electron chi connectivity index (χ1n) is 6.22. The molecule has 0 bridgehead atoms. The van der Waals surface area contributed by atoms with Crippen LogP contribution in [0.2, 0.25) is 5.02 Å². The molecule has 22 heavy (non-hydrogen) atoms. The fraction of sp³-hybridized carbons (Fsp3) is 0.200. The van der Waals surface area contributed by atoms with E-state index in [0.717, 1.165) is 6.07 Å². The van der Waals surface area contributed by atoms with Gasteiger partial charge in [-0.05, 0) is 23.8 Å². The molecule has 0 radical (unpaired) electrons. The standard InChI is InChI=1S/C15H13ClF3NO.ClH/c16-13-4-2-1-3-11(13)10-5-6-14(21-8-7-20)12(9-10)15(17,18)19;/h1-6,9H,7-8,20H2;1H. The van der Waals surface area contributed by atoms with Gasteiger partial charge in [0, 0.05) is 17.1 Å². The van der Waals surface area contributed by atoms with Crippen molar-refractivity contribution in [3.05, 3.63) is 53.1 Å². The number of hydrogen-bond donors (Lipinski definition) is 1. The van der Waals surface area contributed by atoms with Gasteiger partial charge < -0.3 is 10.5 Å². The van der Waals surface area contributed by atoms with E-state index in [2.05, 4.69) is 0 Å². The molecule has 7 heteroatoms. The Labute approximate surface area is 137 Å². The molecule has 2 nitrogen and oxygen atoms in total. The average molecular weight is 352 g/mol. The molecule has 0 amide bonds. The predicted octanol–water partition coefficient (Wildman–Crippen LogP) is 4.79. The molecule has 0 aliphatic rings. The number of halogens is 5. The van der Waals surface area contributed by atoms with Crippen LogP contribution in [0.4, 0.5) is 13.2 Å². The van der Waals surface area contributed by atoms with E-state index in [1.54, 1.807) is 30.3 Å². The van der Waals surface area contributed by atoms with Crippen molar-refractivity contribution in [1.82, 2.24) is 0 Å². The molecule has 2 aromatic rings. The molecule has 0 aromatic heterocycles. The Morgan fingerprint density at radius 2 is 1.77 bits per heavy atom. The lowest BCUT2D eigenvalue weighted by atomic mass is 10.0. The van der Waals surface area contributed by atoms with Gasteiger partial charge in [-0.1, -0.05) is 35.9 Å². The van der Waals surface area contributed by atoms with Crippen molar-refractivity contribution in [3.8, 4) is 16.9 Å². The molecule has 0 unspecified atom stereocenters. The third-order valence-corrected chi connectivity index (χ3v) is 3.17. The first-order chi connectivity index (χ1) is 9.93. The summed E-state index contributed by atoms with van der Waals surface area (Å²) in [6.45, 7) is 0.165. The molecule has 0 aliphatic carbocycles. The van der Waals surface area contributed by atoms with Crippen LogP contribution >= 0.6 is 24.0 Å². The number of nitrogens with two attached hydrogens (primary N) is 1. The number of benzene rings is 2. The van der Waals surface area contributed by atoms with Gasteiger partial charge in [-0.3, -0.25) is 0 Å². The summed E-state index contributed by atoms with van der Waals surface area (Å²) in [5.74, 6) is -0.233. The Balaban J connectivity index is 0.00000242. The van der Waals surface area contributed by atoms with E-state index in [1.165, 1.54) is 6.07 Å². The number of alkyl halides is 3. The van der Waals surface area contributed by atoms with Crippen LogP contribution < -0.4 is 10.5 Å². The summed E-state index contributed by atoms with van der Waals surface area (Å²) in [7, 11) is 0. The molecular formula is C15H14Cl2F3NO. The van der Waals surface area contributed by atoms with Crippen molar-refractivity contribution in [2.75, 3.05) is 13.2 Å². The van der Waals surface area contributed by atoms with Gasteiger partial charge in [0.25, 0.3) is 0 Å². The van der Waals surface area contributed by atoms with Gasteiger partial charge in [-0.15, -0.1) is 12.4 Å². The first kappa shape index (κ1) is 18.6. The van der Waals surface area contributed by atoms with Gasteiger partial charge in [0.05, 0.1) is 5.56 Å². The van der Waals surface area contributed by atoms with E-state index in [4.69, 9.17) is 22.1 Å². The fourth-order valence-electron chi connectivity index (χ4n) is 1.91. The van der Waals surface area contributed by atoms with Crippen LogP contribution in [0.1, 0.15) is 5.56 Å². The Morgan fingerprint density at radius 3 is 2.36 bits per heavy atom. The summed E-state index contributed by atoms with van der Waals surface area (Å²) >= 11 is 6.02. The van der Waals surface area contributed by atoms with Crippen molar-refractivity contribution >= 4 is 24.0 Å². The van der Waals surface area contributed by atoms with Crippen molar-refractivity contribution in [3.63, 3.8) is 0 Å². The summed E-state index contributed by atoms with van der Waals surface area (Å²) < 4.78 is 44.4. The van der Waals surface area contributed by atoms with Gasteiger partial charge in [0.2, 0.25) is 0 Å². The van der Waals surface area contributed by atoms with Crippen LogP contribution in [-0.4, -0.2) is 13.2 Å². The first-order valence-corrected chi connectivity index (χ1v) is 6.60. The zero-order chi connectivity index (χ0) is 15.5. The molecule has 0 aliphatic heterocycles. The summed E-state index contributed by atoms with van der Waals surface area (Å²) in [5.41, 5.74) is 5.33. The summed E-state index contributed by atoms with van der Waals surface area (Å²) in [4.78, 5) is 0. The van der Waals surface area contributed by atoms with Gasteiger partial charge >= 0.3 is 6.18 Å². The lowest BCUT2D eigenvalue weighted by Gasteiger charge is -2.15. The summed E-state index contributed by atoms with van der Waals surface area (Å²) in [5, 5.41) is 0.390. The highest BCUT2D eigenvalue weighted by Gasteiger charge is 2.34. The van der Waals surface area contributed by atoms with E-state index in [-0.39, 0.29) is 31.3 Å². The van der Waals surface area contributed by atoms with E-state index >= 15 is 0 Å². The average Bonchev–Trinajstić information content (AvgIpc) is 2.44. The van der Waals surface area contributed by atoms with Crippen molar-refractivity contribution in [2.45, 2.75) is 6.18 Å². The molecule has 2 rings (SSSR count). The van der Waals surface area contributed by atoms with Gasteiger partial charge in [0.1, 0.15) is 12.4 Å². The third kappa shape index (κ3) is 4.29. The number of ether oxygens (including phenoxy) is 1. The molecule has 0 saturated heterocycles. The molecule has 2 N–H and O–H groups in total. The Bertz CT molecular complexity index is 632. The lowest BCUT2D eigenvalue weighted by Crippen LogP contribution is -2.14. The quantitative estimate of drug-likeness (QED) is 0.859. The molecule has 120 valence electrons. The monoisotopic (exact) mass is 351 g/mol. The van der Waals surface area contributed by atoms with Gasteiger partial charge in [-0.2, -0.15) is 13.2 Å². The molecule has 0 spiro atoms. The highest BCUT2D eigenvalue weighted by molar-refractivity contribution is 6.33. The van der Waals surface area contributed by atoms with Crippen molar-refractivity contribution in [2.24, 2.45) is 5.73 Å². The largest absolute Gasteiger partial charge is 0.492 e. The Hall–Kier alpha value is -1.43. The van der Waals surface area contributed by atoms with Gasteiger partial charge in [0.15, 0.2) is 0 Å². The summed E-state index contributed by atoms with van der Waals surface area (Å²) in [6.07, 6.45) is -4.51. The normalized spacial score (nSPS) is 11.0. The van der Waals surface area contributed by atoms with Crippen molar-refractivity contribution in [1.29, 1.82) is 0 Å². The second-order valence-electron chi connectivity index (χ2n) is 4.33. The van der Waals surface area contributed by atoms with Crippen LogP contribution in [0, 0.1) is 0 Å². The smallest absolute Gasteiger partial charge is 0.419 e. The molecular weight excluding hydrogens is 338 g/mol. The maximum absolute atomic E-state index is 13.1. The third-order valence-electron chi connectivity index (χ3n) is 2.85. The topological polar surface area (TPSA) is 35.2 Å². The zero-order valence-electron chi connectivity index (χ0n) is 11.4. The van der Waals surface area contributed by atoms with Crippen LogP contribution in [0.5, 0.6) is 5.75 Å². The van der Waals surface area contributed by atoms with Crippen LogP contribution in [0.3, 0.4) is 0 Å². The maximum atomic E-state index is 13.1. The SMILES string of the molecule is Cl.NCCOc1ccc(-c2ccccc2Cl)cc1C(F)(F)F. The van der Waals surface area contributed by atoms with Crippen LogP contribution in [0.25, 0.3) is 11.1 Å². The van der Waals surface area contributed by atoms with E-state index in [9.17, 15) is 13.2 Å². The van der Waals surface area contributed by atoms with Gasteiger partial charge in [-0.25, -0.2) is 0 Å². The Morgan fingerprint density at radius 1 is 1.09 bits per heavy atom. The van der Waals surface area contributed by atoms with Crippen LogP contribution in [-0.2, 0) is 6.18 Å². The maximum Gasteiger partial charge on any atom is 0.419 e. The summed E-state index contributed by atoms with van der Waals surface area (Å²) in [6, 6.07) is 10.6. The Kier molecular flexibility index (Phi) is 6.53. The number of rotatable bonds is 4. The van der Waals surface area contributed by atoms with E-state index in [0.29, 0.717) is 16.1 Å². The van der Waals surface area contributed by atoms with Crippen LogP contribution in [0.15, 0.2) is 42.5 Å². The van der Waals surface area contributed by atoms with E-state index < -0.39 is 11.7 Å². The lowest BCUT2D eigenvalue weighted by molar-refractivity contribution is -0.138. The molecule has 0 fully saturated rings. The zero-order valence-corrected chi connectivity index (χ0v) is 12.9. The minimum atomic E-state index is -4.51. The number of hydrogen-bond acceptors (Lipinski definition) is 2. The molecule has 0 saturated carbocycles. The predicted molar refractivity (Wildman–Crippen MR) is 83.7 cm³/mol. The molecule has 0 heterocycles. The molecule has 0 atom stereocenters. The highest BCUT2D eigenvalue weighted by atomic mass is 35.5. The highest BCUT2D eigenvalue weighted by Crippen LogP contribution is 2.39. The van der Waals surface area contributed by atoms with E-state index in [1.807, 2.05) is 0 Å². The minimum absolute atomic E-state index is 0. The second-order valence-corrected chi connectivity index (χ2v) is 4.73. The molecule has 2 aromatic carbocycles. The minimum Gasteiger partial charge on any atom is -0.492 e. The second kappa shape index (κ2) is 7.72.